The van der Waals surface area contributed by atoms with Gasteiger partial charge in [-0.2, -0.15) is 0 Å². The summed E-state index contributed by atoms with van der Waals surface area (Å²) in [6.07, 6.45) is 2.11. The van der Waals surface area contributed by atoms with Gasteiger partial charge in [-0.3, -0.25) is 9.69 Å². The standard InChI is InChI=1S/C15H19BrN2O2/c1-20-11-4-5-13(16)10(7-11)9-18-6-2-3-12-14(18)8-17-15(12)19/h4-5,7,12,14H,2-3,6,8-9H2,1H3,(H,17,19)/t12-,14-/m1/s1. The number of carbonyl (C=O) groups is 1. The Labute approximate surface area is 127 Å². The van der Waals surface area contributed by atoms with Gasteiger partial charge in [-0.1, -0.05) is 15.9 Å². The highest BCUT2D eigenvalue weighted by Crippen LogP contribution is 2.31. The maximum Gasteiger partial charge on any atom is 0.224 e. The second-order valence-corrected chi connectivity index (χ2v) is 6.34. The molecule has 0 saturated carbocycles. The van der Waals surface area contributed by atoms with Gasteiger partial charge in [0.1, 0.15) is 5.75 Å². The van der Waals surface area contributed by atoms with Gasteiger partial charge in [-0.25, -0.2) is 0 Å². The summed E-state index contributed by atoms with van der Waals surface area (Å²) < 4.78 is 6.39. The summed E-state index contributed by atoms with van der Waals surface area (Å²) >= 11 is 3.61. The highest BCUT2D eigenvalue weighted by Gasteiger charge is 2.40. The Morgan fingerprint density at radius 1 is 1.50 bits per heavy atom. The SMILES string of the molecule is COc1ccc(Br)c(CN2CCC[C@H]3C(=O)NC[C@H]32)c1. The molecule has 5 heteroatoms. The smallest absolute Gasteiger partial charge is 0.224 e. The highest BCUT2D eigenvalue weighted by atomic mass is 79.9. The van der Waals surface area contributed by atoms with Gasteiger partial charge in [0, 0.05) is 23.6 Å². The maximum absolute atomic E-state index is 11.8. The molecule has 2 saturated heterocycles. The van der Waals surface area contributed by atoms with E-state index in [0.29, 0.717) is 6.04 Å². The van der Waals surface area contributed by atoms with Gasteiger partial charge >= 0.3 is 0 Å². The van der Waals surface area contributed by atoms with Crippen molar-refractivity contribution in [1.29, 1.82) is 0 Å². The molecule has 0 aliphatic carbocycles. The van der Waals surface area contributed by atoms with Crippen LogP contribution in [0.25, 0.3) is 0 Å². The highest BCUT2D eigenvalue weighted by molar-refractivity contribution is 9.10. The lowest BCUT2D eigenvalue weighted by Crippen LogP contribution is -2.44. The van der Waals surface area contributed by atoms with Crippen molar-refractivity contribution in [2.24, 2.45) is 5.92 Å². The zero-order chi connectivity index (χ0) is 14.1. The zero-order valence-electron chi connectivity index (χ0n) is 11.6. The molecule has 3 rings (SSSR count). The van der Waals surface area contributed by atoms with Crippen molar-refractivity contribution < 1.29 is 9.53 Å². The number of benzene rings is 1. The molecule has 20 heavy (non-hydrogen) atoms. The first-order chi connectivity index (χ1) is 9.69. The third-order valence-corrected chi connectivity index (χ3v) is 5.12. The van der Waals surface area contributed by atoms with Crippen LogP contribution in [0, 0.1) is 5.92 Å². The number of likely N-dealkylation sites (tertiary alicyclic amines) is 1. The Balaban J connectivity index is 1.78. The lowest BCUT2D eigenvalue weighted by Gasteiger charge is -2.36. The van der Waals surface area contributed by atoms with E-state index in [4.69, 9.17) is 4.74 Å². The molecule has 1 aromatic carbocycles. The summed E-state index contributed by atoms with van der Waals surface area (Å²) in [6, 6.07) is 6.38. The van der Waals surface area contributed by atoms with Crippen LogP contribution in [-0.2, 0) is 11.3 Å². The average molecular weight is 339 g/mol. The molecule has 0 radical (unpaired) electrons. The number of nitrogens with one attached hydrogen (secondary N) is 1. The molecule has 2 atom stereocenters. The van der Waals surface area contributed by atoms with Gasteiger partial charge in [0.15, 0.2) is 0 Å². The second-order valence-electron chi connectivity index (χ2n) is 5.49. The Morgan fingerprint density at radius 2 is 2.35 bits per heavy atom. The Morgan fingerprint density at radius 3 is 3.15 bits per heavy atom. The Hall–Kier alpha value is -1.07. The van der Waals surface area contributed by atoms with Gasteiger partial charge < -0.3 is 10.1 Å². The first kappa shape index (κ1) is 13.9. The quantitative estimate of drug-likeness (QED) is 0.918. The number of rotatable bonds is 3. The largest absolute Gasteiger partial charge is 0.497 e. The lowest BCUT2D eigenvalue weighted by molar-refractivity contribution is -0.124. The van der Waals surface area contributed by atoms with E-state index in [1.54, 1.807) is 7.11 Å². The molecule has 0 spiro atoms. The Kier molecular flexibility index (Phi) is 3.98. The van der Waals surface area contributed by atoms with E-state index in [0.717, 1.165) is 42.7 Å². The summed E-state index contributed by atoms with van der Waals surface area (Å²) in [5, 5.41) is 3.00. The number of methoxy groups -OCH3 is 1. The van der Waals surface area contributed by atoms with Crippen LogP contribution in [0.4, 0.5) is 0 Å². The van der Waals surface area contributed by atoms with Crippen molar-refractivity contribution in [3.8, 4) is 5.75 Å². The molecule has 1 amide bonds. The molecule has 4 nitrogen and oxygen atoms in total. The van der Waals surface area contributed by atoms with E-state index < -0.39 is 0 Å². The molecule has 1 aromatic rings. The summed E-state index contributed by atoms with van der Waals surface area (Å²) in [6.45, 7) is 2.69. The van der Waals surface area contributed by atoms with Crippen LogP contribution >= 0.6 is 15.9 Å². The average Bonchev–Trinajstić information content (AvgIpc) is 2.84. The van der Waals surface area contributed by atoms with Crippen molar-refractivity contribution in [2.75, 3.05) is 20.2 Å². The topological polar surface area (TPSA) is 41.6 Å². The van der Waals surface area contributed by atoms with Gasteiger partial charge in [-0.05, 0) is 43.1 Å². The number of nitrogens with zero attached hydrogens (tertiary/aromatic N) is 1. The fourth-order valence-corrected chi connectivity index (χ4v) is 3.63. The van der Waals surface area contributed by atoms with Crippen molar-refractivity contribution in [1.82, 2.24) is 10.2 Å². The van der Waals surface area contributed by atoms with E-state index in [2.05, 4.69) is 32.2 Å². The number of fused-ring (bicyclic) bond motifs is 1. The van der Waals surface area contributed by atoms with Gasteiger partial charge in [0.25, 0.3) is 0 Å². The normalized spacial score (nSPS) is 26.2. The van der Waals surface area contributed by atoms with Crippen molar-refractivity contribution in [3.05, 3.63) is 28.2 Å². The van der Waals surface area contributed by atoms with E-state index in [1.807, 2.05) is 12.1 Å². The number of carbonyl (C=O) groups excluding carboxylic acids is 1. The number of amides is 1. The summed E-state index contributed by atoms with van der Waals surface area (Å²) in [4.78, 5) is 14.2. The maximum atomic E-state index is 11.8. The molecule has 1 N–H and O–H groups in total. The molecule has 0 bridgehead atoms. The van der Waals surface area contributed by atoms with Gasteiger partial charge in [-0.15, -0.1) is 0 Å². The van der Waals surface area contributed by atoms with Crippen LogP contribution in [-0.4, -0.2) is 37.0 Å². The van der Waals surface area contributed by atoms with Crippen molar-refractivity contribution >= 4 is 21.8 Å². The van der Waals surface area contributed by atoms with Crippen molar-refractivity contribution in [2.45, 2.75) is 25.4 Å². The minimum Gasteiger partial charge on any atom is -0.497 e. The van der Waals surface area contributed by atoms with Crippen LogP contribution in [0.3, 0.4) is 0 Å². The second kappa shape index (κ2) is 5.74. The predicted molar refractivity (Wildman–Crippen MR) is 80.6 cm³/mol. The number of halogens is 1. The molecule has 2 heterocycles. The van der Waals surface area contributed by atoms with E-state index in [9.17, 15) is 4.79 Å². The first-order valence-corrected chi connectivity index (χ1v) is 7.82. The molecule has 0 unspecified atom stereocenters. The van der Waals surface area contributed by atoms with E-state index >= 15 is 0 Å². The molecule has 2 fully saturated rings. The summed E-state index contributed by atoms with van der Waals surface area (Å²) in [5.41, 5.74) is 1.21. The van der Waals surface area contributed by atoms with Gasteiger partial charge in [0.2, 0.25) is 5.91 Å². The van der Waals surface area contributed by atoms with E-state index in [-0.39, 0.29) is 11.8 Å². The minimum absolute atomic E-state index is 0.174. The molecular formula is C15H19BrN2O2. The van der Waals surface area contributed by atoms with Crippen LogP contribution < -0.4 is 10.1 Å². The number of hydrogen-bond acceptors (Lipinski definition) is 3. The van der Waals surface area contributed by atoms with Crippen LogP contribution in [0.5, 0.6) is 5.75 Å². The molecular weight excluding hydrogens is 320 g/mol. The fraction of sp³-hybridized carbons (Fsp3) is 0.533. The predicted octanol–water partition coefficient (Wildman–Crippen LogP) is 2.17. The van der Waals surface area contributed by atoms with Crippen molar-refractivity contribution in [3.63, 3.8) is 0 Å². The molecule has 0 aromatic heterocycles. The number of hydrogen-bond donors (Lipinski definition) is 1. The van der Waals surface area contributed by atoms with Gasteiger partial charge in [0.05, 0.1) is 13.0 Å². The minimum atomic E-state index is 0.174. The van der Waals surface area contributed by atoms with Crippen LogP contribution in [0.2, 0.25) is 0 Å². The van der Waals surface area contributed by atoms with Crippen LogP contribution in [0.1, 0.15) is 18.4 Å². The monoisotopic (exact) mass is 338 g/mol. The first-order valence-electron chi connectivity index (χ1n) is 7.03. The molecule has 108 valence electrons. The summed E-state index contributed by atoms with van der Waals surface area (Å²) in [7, 11) is 1.68. The third kappa shape index (κ3) is 2.56. The number of piperidine rings is 1. The number of ether oxygens (including phenoxy) is 1. The summed E-state index contributed by atoms with van der Waals surface area (Å²) in [5.74, 6) is 1.27. The zero-order valence-corrected chi connectivity index (χ0v) is 13.1. The molecule has 2 aliphatic rings. The Bertz CT molecular complexity index is 521. The van der Waals surface area contributed by atoms with E-state index in [1.165, 1.54) is 5.56 Å². The third-order valence-electron chi connectivity index (χ3n) is 4.34. The van der Waals surface area contributed by atoms with Crippen LogP contribution in [0.15, 0.2) is 22.7 Å². The fourth-order valence-electron chi connectivity index (χ4n) is 3.25. The molecule has 2 aliphatic heterocycles. The lowest BCUT2D eigenvalue weighted by atomic mass is 9.91.